The average Bonchev–Trinajstić information content (AvgIpc) is 2.96. The molecule has 0 radical (unpaired) electrons. The predicted octanol–water partition coefficient (Wildman–Crippen LogP) is 2.12. The van der Waals surface area contributed by atoms with E-state index in [9.17, 15) is 0 Å². The zero-order valence-corrected chi connectivity index (χ0v) is 10.9. The first-order chi connectivity index (χ1) is 8.35. The molecule has 1 heterocycles. The molecular formula is C13H23N3O. The van der Waals surface area contributed by atoms with Crippen LogP contribution in [0.3, 0.4) is 0 Å². The van der Waals surface area contributed by atoms with Crippen LogP contribution in [0.2, 0.25) is 0 Å². The second-order valence-electron chi connectivity index (χ2n) is 4.76. The molecule has 0 spiro atoms. The van der Waals surface area contributed by atoms with E-state index in [1.165, 1.54) is 19.3 Å². The minimum atomic E-state index is 0.362. The van der Waals surface area contributed by atoms with E-state index >= 15 is 0 Å². The quantitative estimate of drug-likeness (QED) is 0.770. The Morgan fingerprint density at radius 3 is 3.18 bits per heavy atom. The summed E-state index contributed by atoms with van der Waals surface area (Å²) in [7, 11) is 1.81. The van der Waals surface area contributed by atoms with Crippen LogP contribution in [0.1, 0.15) is 44.3 Å². The topological polar surface area (TPSA) is 39.1 Å². The van der Waals surface area contributed by atoms with E-state index in [-0.39, 0.29) is 0 Å². The van der Waals surface area contributed by atoms with Crippen molar-refractivity contribution >= 4 is 0 Å². The summed E-state index contributed by atoms with van der Waals surface area (Å²) in [5.41, 5.74) is 1.13. The van der Waals surface area contributed by atoms with E-state index in [1.807, 2.05) is 13.4 Å². The summed E-state index contributed by atoms with van der Waals surface area (Å²) < 4.78 is 7.75. The Morgan fingerprint density at radius 1 is 1.53 bits per heavy atom. The molecule has 1 aromatic rings. The summed E-state index contributed by atoms with van der Waals surface area (Å²) in [5.74, 6) is 0. The minimum absolute atomic E-state index is 0.362. The molecule has 1 aliphatic carbocycles. The second-order valence-corrected chi connectivity index (χ2v) is 4.76. The highest BCUT2D eigenvalue weighted by Gasteiger charge is 2.28. The van der Waals surface area contributed by atoms with Crippen molar-refractivity contribution in [1.29, 1.82) is 0 Å². The summed E-state index contributed by atoms with van der Waals surface area (Å²) in [6.07, 6.45) is 9.26. The number of nitrogens with one attached hydrogen (secondary N) is 1. The number of methoxy groups -OCH3 is 1. The van der Waals surface area contributed by atoms with Crippen molar-refractivity contribution in [2.45, 2.75) is 51.3 Å². The molecule has 1 N–H and O–H groups in total. The van der Waals surface area contributed by atoms with Crippen LogP contribution in [-0.2, 0) is 11.3 Å². The van der Waals surface area contributed by atoms with Crippen LogP contribution in [-0.4, -0.2) is 29.3 Å². The lowest BCUT2D eigenvalue weighted by molar-refractivity contribution is 0.0749. The van der Waals surface area contributed by atoms with Gasteiger partial charge in [0.05, 0.1) is 24.2 Å². The van der Waals surface area contributed by atoms with Crippen molar-refractivity contribution in [3.05, 3.63) is 18.2 Å². The molecule has 17 heavy (non-hydrogen) atoms. The Hall–Kier alpha value is -0.870. The van der Waals surface area contributed by atoms with Crippen molar-refractivity contribution < 1.29 is 4.74 Å². The van der Waals surface area contributed by atoms with Crippen LogP contribution in [0.4, 0.5) is 0 Å². The third kappa shape index (κ3) is 3.07. The first-order valence-electron chi connectivity index (χ1n) is 6.61. The largest absolute Gasteiger partial charge is 0.379 e. The van der Waals surface area contributed by atoms with Crippen LogP contribution in [0, 0.1) is 0 Å². The molecule has 2 unspecified atom stereocenters. The SMILES string of the molecule is CCCNCc1cn(C2CCCC2OC)cn1. The minimum Gasteiger partial charge on any atom is -0.379 e. The third-order valence-corrected chi connectivity index (χ3v) is 3.49. The molecule has 1 fully saturated rings. The number of hydrogen-bond donors (Lipinski definition) is 1. The Balaban J connectivity index is 1.93. The van der Waals surface area contributed by atoms with Gasteiger partial charge < -0.3 is 14.6 Å². The van der Waals surface area contributed by atoms with E-state index < -0.39 is 0 Å². The maximum atomic E-state index is 5.52. The van der Waals surface area contributed by atoms with Crippen molar-refractivity contribution in [1.82, 2.24) is 14.9 Å². The molecule has 2 atom stereocenters. The van der Waals surface area contributed by atoms with Crippen LogP contribution in [0.25, 0.3) is 0 Å². The van der Waals surface area contributed by atoms with E-state index in [4.69, 9.17) is 4.74 Å². The van der Waals surface area contributed by atoms with Gasteiger partial charge in [0.2, 0.25) is 0 Å². The Labute approximate surface area is 103 Å². The molecule has 96 valence electrons. The highest BCUT2D eigenvalue weighted by molar-refractivity contribution is 5.00. The van der Waals surface area contributed by atoms with Crippen LogP contribution < -0.4 is 5.32 Å². The van der Waals surface area contributed by atoms with Gasteiger partial charge in [0.15, 0.2) is 0 Å². The fourth-order valence-corrected chi connectivity index (χ4v) is 2.57. The molecule has 1 aliphatic rings. The van der Waals surface area contributed by atoms with Gasteiger partial charge in [-0.1, -0.05) is 6.92 Å². The Bertz CT molecular complexity index is 337. The van der Waals surface area contributed by atoms with Gasteiger partial charge in [-0.15, -0.1) is 0 Å². The van der Waals surface area contributed by atoms with Crippen LogP contribution >= 0.6 is 0 Å². The van der Waals surface area contributed by atoms with Crippen LogP contribution in [0.5, 0.6) is 0 Å². The van der Waals surface area contributed by atoms with Gasteiger partial charge >= 0.3 is 0 Å². The summed E-state index contributed by atoms with van der Waals surface area (Å²) in [6, 6.07) is 0.479. The van der Waals surface area contributed by atoms with Gasteiger partial charge in [0, 0.05) is 19.9 Å². The number of aromatic nitrogens is 2. The molecule has 0 aromatic carbocycles. The predicted molar refractivity (Wildman–Crippen MR) is 67.9 cm³/mol. The normalized spacial score (nSPS) is 24.4. The number of rotatable bonds is 6. The maximum Gasteiger partial charge on any atom is 0.0953 e. The monoisotopic (exact) mass is 237 g/mol. The van der Waals surface area contributed by atoms with Gasteiger partial charge in [-0.3, -0.25) is 0 Å². The molecule has 4 nitrogen and oxygen atoms in total. The molecule has 0 bridgehead atoms. The van der Waals surface area contributed by atoms with E-state index in [0.29, 0.717) is 12.1 Å². The summed E-state index contributed by atoms with van der Waals surface area (Å²) >= 11 is 0. The van der Waals surface area contributed by atoms with Crippen molar-refractivity contribution in [2.75, 3.05) is 13.7 Å². The second kappa shape index (κ2) is 6.17. The highest BCUT2D eigenvalue weighted by atomic mass is 16.5. The molecule has 1 aromatic heterocycles. The summed E-state index contributed by atoms with van der Waals surface area (Å²) in [4.78, 5) is 4.45. The van der Waals surface area contributed by atoms with Crippen molar-refractivity contribution in [3.63, 3.8) is 0 Å². The molecule has 0 aliphatic heterocycles. The fraction of sp³-hybridized carbons (Fsp3) is 0.769. The lowest BCUT2D eigenvalue weighted by Gasteiger charge is -2.19. The molecule has 4 heteroatoms. The first-order valence-corrected chi connectivity index (χ1v) is 6.61. The summed E-state index contributed by atoms with van der Waals surface area (Å²) in [5, 5.41) is 3.37. The number of nitrogens with zero attached hydrogens (tertiary/aromatic N) is 2. The zero-order chi connectivity index (χ0) is 12.1. The van der Waals surface area contributed by atoms with Gasteiger partial charge in [-0.2, -0.15) is 0 Å². The standard InChI is InChI=1S/C13H23N3O/c1-3-7-14-8-11-9-16(10-15-11)12-5-4-6-13(12)17-2/h9-10,12-14H,3-8H2,1-2H3. The molecule has 1 saturated carbocycles. The highest BCUT2D eigenvalue weighted by Crippen LogP contribution is 2.31. The van der Waals surface area contributed by atoms with E-state index in [2.05, 4.69) is 28.0 Å². The fourth-order valence-electron chi connectivity index (χ4n) is 2.57. The third-order valence-electron chi connectivity index (χ3n) is 3.49. The average molecular weight is 237 g/mol. The summed E-state index contributed by atoms with van der Waals surface area (Å²) in [6.45, 7) is 4.09. The molecular weight excluding hydrogens is 214 g/mol. The van der Waals surface area contributed by atoms with Gasteiger partial charge in [0.1, 0.15) is 0 Å². The number of ether oxygens (including phenoxy) is 1. The van der Waals surface area contributed by atoms with Crippen molar-refractivity contribution in [3.8, 4) is 0 Å². The lowest BCUT2D eigenvalue weighted by Crippen LogP contribution is -2.19. The van der Waals surface area contributed by atoms with E-state index in [0.717, 1.165) is 25.2 Å². The number of imidazole rings is 1. The lowest BCUT2D eigenvalue weighted by atomic mass is 10.2. The maximum absolute atomic E-state index is 5.52. The van der Waals surface area contributed by atoms with Gasteiger partial charge in [-0.05, 0) is 32.2 Å². The smallest absolute Gasteiger partial charge is 0.0953 e. The van der Waals surface area contributed by atoms with Gasteiger partial charge in [0.25, 0.3) is 0 Å². The van der Waals surface area contributed by atoms with Crippen LogP contribution in [0.15, 0.2) is 12.5 Å². The number of hydrogen-bond acceptors (Lipinski definition) is 3. The first kappa shape index (κ1) is 12.6. The zero-order valence-electron chi connectivity index (χ0n) is 10.9. The Kier molecular flexibility index (Phi) is 4.57. The molecule has 0 amide bonds. The Morgan fingerprint density at radius 2 is 2.41 bits per heavy atom. The van der Waals surface area contributed by atoms with E-state index in [1.54, 1.807) is 0 Å². The molecule has 0 saturated heterocycles. The van der Waals surface area contributed by atoms with Crippen molar-refractivity contribution in [2.24, 2.45) is 0 Å². The van der Waals surface area contributed by atoms with Gasteiger partial charge in [-0.25, -0.2) is 4.98 Å². The molecule has 2 rings (SSSR count).